The molecule has 0 heterocycles. The van der Waals surface area contributed by atoms with Crippen LogP contribution in [0, 0.1) is 0 Å². The molecule has 0 radical (unpaired) electrons. The molecule has 0 bridgehead atoms. The SMILES string of the molecule is CCCCCCCC/C=C\CCCCCCCCC.[NaH]. The third-order valence-corrected chi connectivity index (χ3v) is 3.87. The number of rotatable bonds is 15. The number of hydrogen-bond donors (Lipinski definition) is 0. The Balaban J connectivity index is 0. The molecule has 0 saturated carbocycles. The molecule has 0 nitrogen and oxygen atoms in total. The minimum absolute atomic E-state index is 0. The number of allylic oxidation sites excluding steroid dienone is 2. The predicted molar refractivity (Wildman–Crippen MR) is 96.9 cm³/mol. The van der Waals surface area contributed by atoms with E-state index in [9.17, 15) is 0 Å². The van der Waals surface area contributed by atoms with Crippen LogP contribution < -0.4 is 0 Å². The Labute approximate surface area is 151 Å². The summed E-state index contributed by atoms with van der Waals surface area (Å²) >= 11 is 0. The van der Waals surface area contributed by atoms with Gasteiger partial charge in [-0.3, -0.25) is 0 Å². The molecule has 0 N–H and O–H groups in total. The summed E-state index contributed by atoms with van der Waals surface area (Å²) in [6, 6.07) is 0. The van der Waals surface area contributed by atoms with Gasteiger partial charge < -0.3 is 0 Å². The van der Waals surface area contributed by atoms with Crippen molar-refractivity contribution in [3.63, 3.8) is 0 Å². The summed E-state index contributed by atoms with van der Waals surface area (Å²) in [7, 11) is 0. The van der Waals surface area contributed by atoms with Crippen LogP contribution in [0.3, 0.4) is 0 Å². The third kappa shape index (κ3) is 21.0. The second-order valence-corrected chi connectivity index (χ2v) is 5.94. The van der Waals surface area contributed by atoms with Crippen LogP contribution in [0.2, 0.25) is 0 Å². The number of unbranched alkanes of at least 4 members (excludes halogenated alkanes) is 13. The van der Waals surface area contributed by atoms with Gasteiger partial charge in [0.2, 0.25) is 0 Å². The van der Waals surface area contributed by atoms with Crippen LogP contribution in [0.15, 0.2) is 12.2 Å². The van der Waals surface area contributed by atoms with Gasteiger partial charge >= 0.3 is 29.6 Å². The fourth-order valence-electron chi connectivity index (χ4n) is 2.50. The van der Waals surface area contributed by atoms with Crippen molar-refractivity contribution in [2.45, 2.75) is 110 Å². The molecule has 0 spiro atoms. The summed E-state index contributed by atoms with van der Waals surface area (Å²) in [5.41, 5.74) is 0. The summed E-state index contributed by atoms with van der Waals surface area (Å²) in [6.45, 7) is 4.57. The van der Waals surface area contributed by atoms with Gasteiger partial charge in [0.25, 0.3) is 0 Å². The zero-order valence-electron chi connectivity index (χ0n) is 13.8. The molecule has 0 aromatic carbocycles. The van der Waals surface area contributed by atoms with Crippen molar-refractivity contribution in [2.75, 3.05) is 0 Å². The molecule has 0 amide bonds. The van der Waals surface area contributed by atoms with E-state index in [4.69, 9.17) is 0 Å². The van der Waals surface area contributed by atoms with Gasteiger partial charge in [-0.05, 0) is 25.7 Å². The van der Waals surface area contributed by atoms with Gasteiger partial charge in [0.1, 0.15) is 0 Å². The van der Waals surface area contributed by atoms with Gasteiger partial charge in [-0.1, -0.05) is 96.6 Å². The average Bonchev–Trinajstić information content (AvgIpc) is 2.43. The molecule has 0 atom stereocenters. The molecule has 0 aliphatic carbocycles. The van der Waals surface area contributed by atoms with E-state index in [1.807, 2.05) is 0 Å². The van der Waals surface area contributed by atoms with E-state index in [-0.39, 0.29) is 29.6 Å². The maximum atomic E-state index is 2.41. The van der Waals surface area contributed by atoms with Gasteiger partial charge in [0.15, 0.2) is 0 Å². The Bertz CT molecular complexity index is 175. The topological polar surface area (TPSA) is 0 Å². The Kier molecular flexibility index (Phi) is 25.3. The first-order valence-corrected chi connectivity index (χ1v) is 9.06. The Morgan fingerprint density at radius 2 is 0.750 bits per heavy atom. The van der Waals surface area contributed by atoms with E-state index in [0.29, 0.717) is 0 Å². The molecular formula is C19H39Na. The van der Waals surface area contributed by atoms with Crippen molar-refractivity contribution < 1.29 is 0 Å². The van der Waals surface area contributed by atoms with Crippen molar-refractivity contribution in [1.82, 2.24) is 0 Å². The third-order valence-electron chi connectivity index (χ3n) is 3.87. The minimum atomic E-state index is 0. The molecule has 116 valence electrons. The molecule has 0 rings (SSSR count). The Hall–Kier alpha value is 0.740. The van der Waals surface area contributed by atoms with Crippen molar-refractivity contribution in [1.29, 1.82) is 0 Å². The van der Waals surface area contributed by atoms with E-state index in [0.717, 1.165) is 0 Å². The van der Waals surface area contributed by atoms with Crippen molar-refractivity contribution in [2.24, 2.45) is 0 Å². The van der Waals surface area contributed by atoms with Gasteiger partial charge in [0, 0.05) is 0 Å². The van der Waals surface area contributed by atoms with E-state index >= 15 is 0 Å². The summed E-state index contributed by atoms with van der Waals surface area (Å²) in [4.78, 5) is 0. The quantitative estimate of drug-likeness (QED) is 0.177. The van der Waals surface area contributed by atoms with Gasteiger partial charge in [-0.25, -0.2) is 0 Å². The van der Waals surface area contributed by atoms with Crippen LogP contribution in [0.5, 0.6) is 0 Å². The van der Waals surface area contributed by atoms with Crippen molar-refractivity contribution in [3.05, 3.63) is 12.2 Å². The van der Waals surface area contributed by atoms with Crippen molar-refractivity contribution >= 4 is 29.6 Å². The summed E-state index contributed by atoms with van der Waals surface area (Å²) in [5.74, 6) is 0. The van der Waals surface area contributed by atoms with Crippen LogP contribution in [0.4, 0.5) is 0 Å². The zero-order chi connectivity index (χ0) is 14.0. The molecule has 0 unspecified atom stereocenters. The van der Waals surface area contributed by atoms with E-state index < -0.39 is 0 Å². The van der Waals surface area contributed by atoms with E-state index in [1.165, 1.54) is 96.3 Å². The fourth-order valence-corrected chi connectivity index (χ4v) is 2.50. The predicted octanol–water partition coefficient (Wildman–Crippen LogP) is 6.79. The second kappa shape index (κ2) is 22.0. The van der Waals surface area contributed by atoms with Gasteiger partial charge in [0.05, 0.1) is 0 Å². The van der Waals surface area contributed by atoms with Crippen LogP contribution in [-0.2, 0) is 0 Å². The molecule has 20 heavy (non-hydrogen) atoms. The van der Waals surface area contributed by atoms with Crippen LogP contribution in [-0.4, -0.2) is 29.6 Å². The molecule has 0 aromatic rings. The first-order chi connectivity index (χ1) is 9.41. The summed E-state index contributed by atoms with van der Waals surface area (Å²) < 4.78 is 0. The van der Waals surface area contributed by atoms with Crippen molar-refractivity contribution in [3.8, 4) is 0 Å². The summed E-state index contributed by atoms with van der Waals surface area (Å²) in [5, 5.41) is 0. The van der Waals surface area contributed by atoms with Crippen LogP contribution in [0.1, 0.15) is 110 Å². The number of hydrogen-bond acceptors (Lipinski definition) is 0. The average molecular weight is 291 g/mol. The molecule has 1 heteroatoms. The molecule has 0 aliphatic rings. The molecule has 0 saturated heterocycles. The molecule has 0 aromatic heterocycles. The second-order valence-electron chi connectivity index (χ2n) is 5.94. The first-order valence-electron chi connectivity index (χ1n) is 9.06. The maximum absolute atomic E-state index is 2.41. The monoisotopic (exact) mass is 290 g/mol. The molecule has 0 fully saturated rings. The Morgan fingerprint density at radius 3 is 1.10 bits per heavy atom. The molecule has 0 aliphatic heterocycles. The Morgan fingerprint density at radius 1 is 0.450 bits per heavy atom. The van der Waals surface area contributed by atoms with E-state index in [1.54, 1.807) is 0 Å². The zero-order valence-corrected chi connectivity index (χ0v) is 13.8. The van der Waals surface area contributed by atoms with Gasteiger partial charge in [-0.2, -0.15) is 0 Å². The first kappa shape index (κ1) is 23.0. The molecular weight excluding hydrogens is 251 g/mol. The normalized spacial score (nSPS) is 10.9. The standard InChI is InChI=1S/C19H38.Na.H/c1-3-5-7-9-11-13-15-17-19-18-16-14-12-10-8-6-4-2;;/h17,19H,3-16,18H2,1-2H3;;/b19-17-;;. The van der Waals surface area contributed by atoms with Crippen LogP contribution >= 0.6 is 0 Å². The van der Waals surface area contributed by atoms with E-state index in [2.05, 4.69) is 26.0 Å². The summed E-state index contributed by atoms with van der Waals surface area (Å²) in [6.07, 6.45) is 25.9. The van der Waals surface area contributed by atoms with Crippen LogP contribution in [0.25, 0.3) is 0 Å². The fraction of sp³-hybridized carbons (Fsp3) is 0.895. The van der Waals surface area contributed by atoms with Gasteiger partial charge in [-0.15, -0.1) is 0 Å².